The molecule has 0 bridgehead atoms. The van der Waals surface area contributed by atoms with Gasteiger partial charge in [-0.25, -0.2) is 14.8 Å². The summed E-state index contributed by atoms with van der Waals surface area (Å²) in [7, 11) is 0. The van der Waals surface area contributed by atoms with Crippen molar-refractivity contribution in [2.75, 3.05) is 36.9 Å². The molecule has 11 heteroatoms. The Hall–Kier alpha value is -3.73. The minimum absolute atomic E-state index is 0.0455. The van der Waals surface area contributed by atoms with Crippen LogP contribution in [-0.2, 0) is 12.6 Å². The number of carbonyl (C=O) groups excluding carboxylic acids is 1. The van der Waals surface area contributed by atoms with Crippen LogP contribution in [0.4, 0.5) is 29.3 Å². The summed E-state index contributed by atoms with van der Waals surface area (Å²) in [6, 6.07) is 5.00. The molecule has 2 amide bonds. The van der Waals surface area contributed by atoms with Crippen molar-refractivity contribution in [1.29, 1.82) is 0 Å². The van der Waals surface area contributed by atoms with Crippen molar-refractivity contribution in [3.8, 4) is 17.1 Å². The lowest BCUT2D eigenvalue weighted by Crippen LogP contribution is -2.23. The first kappa shape index (κ1) is 27.3. The summed E-state index contributed by atoms with van der Waals surface area (Å²) in [5.74, 6) is 1.04. The average molecular weight is 529 g/mol. The van der Waals surface area contributed by atoms with Crippen molar-refractivity contribution < 1.29 is 22.7 Å². The first-order valence-corrected chi connectivity index (χ1v) is 12.6. The molecule has 0 unspecified atom stereocenters. The summed E-state index contributed by atoms with van der Waals surface area (Å²) < 4.78 is 46.9. The molecule has 0 saturated carbocycles. The predicted molar refractivity (Wildman–Crippen MR) is 139 cm³/mol. The Morgan fingerprint density at radius 1 is 1.05 bits per heavy atom. The molecule has 1 aliphatic heterocycles. The smallest absolute Gasteiger partial charge is 0.416 e. The summed E-state index contributed by atoms with van der Waals surface area (Å²) in [5.41, 5.74) is 1.73. The Kier molecular flexibility index (Phi) is 8.45. The van der Waals surface area contributed by atoms with Gasteiger partial charge in [0.05, 0.1) is 35.4 Å². The van der Waals surface area contributed by atoms with E-state index in [1.54, 1.807) is 19.2 Å². The van der Waals surface area contributed by atoms with Crippen LogP contribution in [-0.4, -0.2) is 52.1 Å². The van der Waals surface area contributed by atoms with Gasteiger partial charge in [-0.3, -0.25) is 4.98 Å². The molecule has 3 heterocycles. The normalized spacial score (nSPS) is 13.9. The first-order valence-electron chi connectivity index (χ1n) is 12.6. The van der Waals surface area contributed by atoms with E-state index in [0.29, 0.717) is 48.1 Å². The van der Waals surface area contributed by atoms with E-state index in [2.05, 4.69) is 30.5 Å². The van der Waals surface area contributed by atoms with Crippen LogP contribution in [0.3, 0.4) is 0 Å². The van der Waals surface area contributed by atoms with Gasteiger partial charge < -0.3 is 20.3 Å². The van der Waals surface area contributed by atoms with E-state index in [1.165, 1.54) is 18.3 Å². The van der Waals surface area contributed by atoms with Crippen molar-refractivity contribution in [3.63, 3.8) is 0 Å². The molecule has 0 atom stereocenters. The highest BCUT2D eigenvalue weighted by molar-refractivity contribution is 6.00. The number of hydrogen-bond acceptors (Lipinski definition) is 6. The molecular weight excluding hydrogens is 497 g/mol. The van der Waals surface area contributed by atoms with Gasteiger partial charge in [0, 0.05) is 24.0 Å². The van der Waals surface area contributed by atoms with Crippen molar-refractivity contribution >= 4 is 17.4 Å². The number of hydrogen-bond donors (Lipinski definition) is 2. The van der Waals surface area contributed by atoms with Gasteiger partial charge in [0.2, 0.25) is 0 Å². The maximum Gasteiger partial charge on any atom is 0.416 e. The zero-order valence-electron chi connectivity index (χ0n) is 21.7. The van der Waals surface area contributed by atoms with E-state index in [1.807, 2.05) is 13.8 Å². The Bertz CT molecular complexity index is 1290. The predicted octanol–water partition coefficient (Wildman–Crippen LogP) is 5.86. The minimum Gasteiger partial charge on any atom is -0.492 e. The molecule has 1 aliphatic rings. The summed E-state index contributed by atoms with van der Waals surface area (Å²) in [6.45, 7) is 8.33. The first-order chi connectivity index (χ1) is 18.1. The molecule has 4 rings (SSSR count). The van der Waals surface area contributed by atoms with Crippen LogP contribution in [0, 0.1) is 13.8 Å². The topological polar surface area (TPSA) is 92.3 Å². The number of benzene rings is 1. The van der Waals surface area contributed by atoms with E-state index in [-0.39, 0.29) is 11.3 Å². The number of nitrogens with one attached hydrogen (secondary N) is 2. The Labute approximate surface area is 219 Å². The third-order valence-corrected chi connectivity index (χ3v) is 6.40. The zero-order valence-corrected chi connectivity index (χ0v) is 21.7. The number of ether oxygens (including phenoxy) is 1. The Morgan fingerprint density at radius 3 is 2.50 bits per heavy atom. The zero-order chi connectivity index (χ0) is 27.3. The molecule has 0 radical (unpaired) electrons. The molecule has 38 heavy (non-hydrogen) atoms. The number of aromatic nitrogens is 3. The summed E-state index contributed by atoms with van der Waals surface area (Å²) in [6.07, 6.45) is 1.01. The lowest BCUT2D eigenvalue weighted by Gasteiger charge is -2.18. The Morgan fingerprint density at radius 2 is 1.82 bits per heavy atom. The molecule has 0 spiro atoms. The molecule has 8 nitrogen and oxygen atoms in total. The minimum atomic E-state index is -4.53. The lowest BCUT2D eigenvalue weighted by atomic mass is 10.0. The van der Waals surface area contributed by atoms with Crippen LogP contribution in [0.2, 0.25) is 0 Å². The largest absolute Gasteiger partial charge is 0.492 e. The number of likely N-dealkylation sites (tertiary alicyclic amines) is 1. The van der Waals surface area contributed by atoms with E-state index in [4.69, 9.17) is 4.74 Å². The molecule has 202 valence electrons. The second-order valence-electron chi connectivity index (χ2n) is 9.18. The van der Waals surface area contributed by atoms with Crippen molar-refractivity contribution in [2.45, 2.75) is 46.2 Å². The van der Waals surface area contributed by atoms with Crippen molar-refractivity contribution in [1.82, 2.24) is 19.9 Å². The standard InChI is InChI=1S/C27H31F3N6O2/c1-4-38-24-13-20(15-31-18(24)3)25-32-16-23(17(2)33-25)35-26(37)34-21-8-7-19(22(14-21)27(28,29)30)9-12-36-10-5-6-11-36/h7-8,13-16H,4-6,9-12H2,1-3H3,(H2,34,35,37). The molecule has 0 aliphatic carbocycles. The summed E-state index contributed by atoms with van der Waals surface area (Å²) >= 11 is 0. The second-order valence-corrected chi connectivity index (χ2v) is 9.18. The van der Waals surface area contributed by atoms with Crippen LogP contribution >= 0.6 is 0 Å². The number of rotatable bonds is 8. The number of nitrogens with zero attached hydrogens (tertiary/aromatic N) is 4. The van der Waals surface area contributed by atoms with Gasteiger partial charge in [0.15, 0.2) is 5.82 Å². The quantitative estimate of drug-likeness (QED) is 0.381. The van der Waals surface area contributed by atoms with Crippen LogP contribution in [0.5, 0.6) is 5.75 Å². The monoisotopic (exact) mass is 528 g/mol. The van der Waals surface area contributed by atoms with E-state index in [9.17, 15) is 18.0 Å². The number of alkyl halides is 3. The van der Waals surface area contributed by atoms with Gasteiger partial charge in [0.1, 0.15) is 5.75 Å². The molecule has 3 aromatic rings. The molecule has 2 N–H and O–H groups in total. The molecule has 1 saturated heterocycles. The van der Waals surface area contributed by atoms with Gasteiger partial charge in [-0.2, -0.15) is 13.2 Å². The number of aryl methyl sites for hydroxylation is 2. The van der Waals surface area contributed by atoms with Crippen LogP contribution in [0.1, 0.15) is 42.3 Å². The number of pyridine rings is 1. The summed E-state index contributed by atoms with van der Waals surface area (Å²) in [5, 5.41) is 5.10. The molecule has 1 fully saturated rings. The van der Waals surface area contributed by atoms with Crippen molar-refractivity contribution in [2.24, 2.45) is 0 Å². The number of amides is 2. The van der Waals surface area contributed by atoms with E-state index in [0.717, 1.165) is 37.7 Å². The average Bonchev–Trinajstić information content (AvgIpc) is 3.39. The third-order valence-electron chi connectivity index (χ3n) is 6.40. The number of urea groups is 1. The maximum atomic E-state index is 13.8. The highest BCUT2D eigenvalue weighted by Crippen LogP contribution is 2.34. The lowest BCUT2D eigenvalue weighted by molar-refractivity contribution is -0.138. The molecular formula is C27H31F3N6O2. The van der Waals surface area contributed by atoms with Crippen molar-refractivity contribution in [3.05, 3.63) is 59.2 Å². The third kappa shape index (κ3) is 6.77. The van der Waals surface area contributed by atoms with Crippen LogP contribution < -0.4 is 15.4 Å². The molecule has 1 aromatic carbocycles. The maximum absolute atomic E-state index is 13.8. The fraction of sp³-hybridized carbons (Fsp3) is 0.407. The van der Waals surface area contributed by atoms with Crippen LogP contribution in [0.15, 0.2) is 36.7 Å². The van der Waals surface area contributed by atoms with E-state index < -0.39 is 17.8 Å². The number of carbonyl (C=O) groups is 1. The fourth-order valence-corrected chi connectivity index (χ4v) is 4.37. The SMILES string of the molecule is CCOc1cc(-c2ncc(NC(=O)Nc3ccc(CCN4CCCC4)c(C(F)(F)F)c3)c(C)n2)cnc1C. The second kappa shape index (κ2) is 11.8. The molecule has 2 aromatic heterocycles. The van der Waals surface area contributed by atoms with Crippen LogP contribution in [0.25, 0.3) is 11.4 Å². The van der Waals surface area contributed by atoms with Gasteiger partial charge in [-0.15, -0.1) is 0 Å². The van der Waals surface area contributed by atoms with Gasteiger partial charge in [-0.1, -0.05) is 6.07 Å². The number of anilines is 2. The Balaban J connectivity index is 1.44. The fourth-order valence-electron chi connectivity index (χ4n) is 4.37. The summed E-state index contributed by atoms with van der Waals surface area (Å²) in [4.78, 5) is 27.8. The highest BCUT2D eigenvalue weighted by atomic mass is 19.4. The number of halogens is 3. The van der Waals surface area contributed by atoms with E-state index >= 15 is 0 Å². The van der Waals surface area contributed by atoms with Gasteiger partial charge in [0.25, 0.3) is 0 Å². The van der Waals surface area contributed by atoms with Gasteiger partial charge >= 0.3 is 12.2 Å². The highest BCUT2D eigenvalue weighted by Gasteiger charge is 2.33. The van der Waals surface area contributed by atoms with Gasteiger partial charge in [-0.05, 0) is 76.9 Å².